The molecule has 1 aromatic carbocycles. The number of benzene rings is 1. The molecule has 2 unspecified atom stereocenters. The van der Waals surface area contributed by atoms with Crippen molar-refractivity contribution < 1.29 is 9.47 Å². The molecule has 4 atom stereocenters. The van der Waals surface area contributed by atoms with Gasteiger partial charge in [0.05, 0.1) is 11.6 Å². The number of halogens is 1. The molecule has 5 rings (SSSR count). The number of hydrogen-bond acceptors (Lipinski definition) is 3. The fourth-order valence-electron chi connectivity index (χ4n) is 7.09. The zero-order chi connectivity index (χ0) is 19.3. The van der Waals surface area contributed by atoms with Crippen molar-refractivity contribution >= 4 is 15.9 Å². The van der Waals surface area contributed by atoms with Gasteiger partial charge in [-0.15, -0.1) is 0 Å². The lowest BCUT2D eigenvalue weighted by Gasteiger charge is -2.65. The van der Waals surface area contributed by atoms with Crippen LogP contribution in [0.2, 0.25) is 0 Å². The van der Waals surface area contributed by atoms with Crippen LogP contribution in [0.4, 0.5) is 0 Å². The lowest BCUT2D eigenvalue weighted by molar-refractivity contribution is -0.118. The second kappa shape index (κ2) is 6.81. The number of methoxy groups -OCH3 is 1. The van der Waals surface area contributed by atoms with Crippen molar-refractivity contribution in [3.63, 3.8) is 0 Å². The highest BCUT2D eigenvalue weighted by Gasteiger charge is 2.59. The van der Waals surface area contributed by atoms with Gasteiger partial charge in [-0.3, -0.25) is 0 Å². The van der Waals surface area contributed by atoms with E-state index >= 15 is 0 Å². The third-order valence-electron chi connectivity index (χ3n) is 6.93. The van der Waals surface area contributed by atoms with E-state index in [0.717, 1.165) is 28.4 Å². The average molecular weight is 434 g/mol. The number of ether oxygens (including phenoxy) is 2. The Morgan fingerprint density at radius 2 is 1.89 bits per heavy atom. The van der Waals surface area contributed by atoms with E-state index < -0.39 is 0 Å². The molecule has 0 aromatic heterocycles. The van der Waals surface area contributed by atoms with E-state index in [-0.39, 0.29) is 0 Å². The Labute approximate surface area is 172 Å². The van der Waals surface area contributed by atoms with Crippen molar-refractivity contribution in [2.24, 2.45) is 16.7 Å². The molecule has 0 spiro atoms. The van der Waals surface area contributed by atoms with Crippen molar-refractivity contribution in [2.45, 2.75) is 64.5 Å². The summed E-state index contributed by atoms with van der Waals surface area (Å²) in [5.41, 5.74) is 2.60. The van der Waals surface area contributed by atoms with Gasteiger partial charge < -0.3 is 14.8 Å². The summed E-state index contributed by atoms with van der Waals surface area (Å²) in [4.78, 5) is 0. The first kappa shape index (κ1) is 19.3. The van der Waals surface area contributed by atoms with E-state index in [4.69, 9.17) is 9.47 Å². The molecular formula is C23H32BrNO2. The zero-order valence-corrected chi connectivity index (χ0v) is 18.5. The maximum Gasteiger partial charge on any atom is 0.175 e. The van der Waals surface area contributed by atoms with E-state index in [1.54, 1.807) is 13.2 Å². The summed E-state index contributed by atoms with van der Waals surface area (Å²) in [5, 5.41) is 4.00. The summed E-state index contributed by atoms with van der Waals surface area (Å²) in [7, 11) is 1.69. The molecule has 1 N–H and O–H groups in total. The lowest BCUT2D eigenvalue weighted by atomic mass is 9.43. The van der Waals surface area contributed by atoms with Crippen LogP contribution < -0.4 is 14.8 Å². The van der Waals surface area contributed by atoms with Gasteiger partial charge in [-0.2, -0.15) is 0 Å². The van der Waals surface area contributed by atoms with Gasteiger partial charge in [0.1, 0.15) is 6.61 Å². The van der Waals surface area contributed by atoms with Gasteiger partial charge in [0.15, 0.2) is 11.5 Å². The maximum atomic E-state index is 5.76. The highest BCUT2D eigenvalue weighted by molar-refractivity contribution is 9.10. The Morgan fingerprint density at radius 3 is 2.48 bits per heavy atom. The molecule has 148 valence electrons. The molecule has 4 saturated carbocycles. The Hall–Kier alpha value is -1.00. The molecule has 3 nitrogen and oxygen atoms in total. The van der Waals surface area contributed by atoms with Crippen molar-refractivity contribution in [3.8, 4) is 11.5 Å². The standard InChI is InChI=1S/C23H32BrNO2/c1-5-6-27-20-18(24)7-16(8-19(20)26-4)12-25-23-11-17-9-21(2,14-23)13-22(3,10-17)15-23/h5,7-8,17,25H,1,6,9-15H2,2-4H3/t17?,21-,22+,23?. The maximum absolute atomic E-state index is 5.76. The van der Waals surface area contributed by atoms with Crippen LogP contribution in [0, 0.1) is 16.7 Å². The first-order chi connectivity index (χ1) is 12.8. The Balaban J connectivity index is 1.52. The summed E-state index contributed by atoms with van der Waals surface area (Å²) >= 11 is 3.65. The van der Waals surface area contributed by atoms with Crippen molar-refractivity contribution in [2.75, 3.05) is 13.7 Å². The molecular weight excluding hydrogens is 402 g/mol. The van der Waals surface area contributed by atoms with Crippen LogP contribution in [-0.4, -0.2) is 19.3 Å². The van der Waals surface area contributed by atoms with Gasteiger partial charge >= 0.3 is 0 Å². The van der Waals surface area contributed by atoms with Gasteiger partial charge in [0.2, 0.25) is 0 Å². The van der Waals surface area contributed by atoms with Crippen LogP contribution in [0.25, 0.3) is 0 Å². The Bertz CT molecular complexity index is 728. The zero-order valence-electron chi connectivity index (χ0n) is 16.9. The van der Waals surface area contributed by atoms with E-state index in [1.165, 1.54) is 44.1 Å². The van der Waals surface area contributed by atoms with E-state index in [2.05, 4.69) is 53.8 Å². The molecule has 27 heavy (non-hydrogen) atoms. The molecule has 4 heteroatoms. The second-order valence-corrected chi connectivity index (χ2v) is 10.8. The SMILES string of the molecule is C=CCOc1c(Br)cc(CNC23CC4C[C@@](C)(C2)C[C@](C)(C4)C3)cc1OC. The molecule has 0 radical (unpaired) electrons. The highest BCUT2D eigenvalue weighted by Crippen LogP contribution is 2.66. The summed E-state index contributed by atoms with van der Waals surface area (Å²) in [6, 6.07) is 4.25. The van der Waals surface area contributed by atoms with Crippen LogP contribution in [0.1, 0.15) is 57.9 Å². The molecule has 4 aliphatic carbocycles. The van der Waals surface area contributed by atoms with E-state index in [0.29, 0.717) is 23.0 Å². The minimum absolute atomic E-state index is 0.306. The number of rotatable bonds is 7. The van der Waals surface area contributed by atoms with Crippen molar-refractivity contribution in [1.29, 1.82) is 0 Å². The predicted molar refractivity (Wildman–Crippen MR) is 113 cm³/mol. The monoisotopic (exact) mass is 433 g/mol. The normalized spacial score (nSPS) is 36.7. The fourth-order valence-corrected chi connectivity index (χ4v) is 7.70. The molecule has 4 fully saturated rings. The van der Waals surface area contributed by atoms with Crippen molar-refractivity contribution in [1.82, 2.24) is 5.32 Å². The first-order valence-electron chi connectivity index (χ1n) is 10.1. The fraction of sp³-hybridized carbons (Fsp3) is 0.652. The predicted octanol–water partition coefficient (Wildman–Crippen LogP) is 5.86. The van der Waals surface area contributed by atoms with Crippen LogP contribution in [0.3, 0.4) is 0 Å². The molecule has 0 heterocycles. The minimum atomic E-state index is 0.306. The third kappa shape index (κ3) is 3.67. The quantitative estimate of drug-likeness (QED) is 0.545. The first-order valence-corrected chi connectivity index (χ1v) is 10.9. The third-order valence-corrected chi connectivity index (χ3v) is 7.52. The summed E-state index contributed by atoms with van der Waals surface area (Å²) in [6.45, 7) is 10.1. The lowest BCUT2D eigenvalue weighted by Crippen LogP contribution is -2.63. The van der Waals surface area contributed by atoms with E-state index in [9.17, 15) is 0 Å². The van der Waals surface area contributed by atoms with Gasteiger partial charge in [0.25, 0.3) is 0 Å². The van der Waals surface area contributed by atoms with Crippen LogP contribution in [0.15, 0.2) is 29.3 Å². The molecule has 0 amide bonds. The number of hydrogen-bond donors (Lipinski definition) is 1. The molecule has 4 bridgehead atoms. The highest BCUT2D eigenvalue weighted by atomic mass is 79.9. The van der Waals surface area contributed by atoms with Gasteiger partial charge in [-0.05, 0) is 88.9 Å². The smallest absolute Gasteiger partial charge is 0.175 e. The van der Waals surface area contributed by atoms with Gasteiger partial charge in [-0.25, -0.2) is 0 Å². The minimum Gasteiger partial charge on any atom is -0.493 e. The largest absolute Gasteiger partial charge is 0.493 e. The topological polar surface area (TPSA) is 30.5 Å². The summed E-state index contributed by atoms with van der Waals surface area (Å²) < 4.78 is 12.3. The molecule has 0 saturated heterocycles. The van der Waals surface area contributed by atoms with Crippen LogP contribution in [0.5, 0.6) is 11.5 Å². The summed E-state index contributed by atoms with van der Waals surface area (Å²) in [5.74, 6) is 2.42. The van der Waals surface area contributed by atoms with Crippen molar-refractivity contribution in [3.05, 3.63) is 34.8 Å². The Morgan fingerprint density at radius 1 is 1.19 bits per heavy atom. The van der Waals surface area contributed by atoms with Crippen LogP contribution in [-0.2, 0) is 6.54 Å². The molecule has 1 aromatic rings. The molecule has 0 aliphatic heterocycles. The van der Waals surface area contributed by atoms with Gasteiger partial charge in [-0.1, -0.05) is 26.5 Å². The van der Waals surface area contributed by atoms with Crippen LogP contribution >= 0.6 is 15.9 Å². The number of nitrogens with one attached hydrogen (secondary N) is 1. The Kier molecular flexibility index (Phi) is 4.87. The molecule has 4 aliphatic rings. The summed E-state index contributed by atoms with van der Waals surface area (Å²) in [6.07, 6.45) is 10.0. The average Bonchev–Trinajstić information content (AvgIpc) is 2.55. The van der Waals surface area contributed by atoms with Gasteiger partial charge in [0, 0.05) is 12.1 Å². The van der Waals surface area contributed by atoms with E-state index in [1.807, 2.05) is 0 Å². The second-order valence-electron chi connectivity index (χ2n) is 9.97.